The molecule has 0 aromatic heterocycles. The van der Waals surface area contributed by atoms with Crippen LogP contribution in [0, 0.1) is 5.82 Å². The third-order valence-electron chi connectivity index (χ3n) is 2.89. The Morgan fingerprint density at radius 1 is 1.50 bits per heavy atom. The molecule has 1 atom stereocenters. The molecule has 5 heteroatoms. The Morgan fingerprint density at radius 2 is 2.33 bits per heavy atom. The van der Waals surface area contributed by atoms with E-state index in [0.29, 0.717) is 16.6 Å². The summed E-state index contributed by atoms with van der Waals surface area (Å²) in [6.07, 6.45) is 3.39. The Hall–Kier alpha value is -0.940. The SMILES string of the molecule is O=C(CC1CCCCO1)Nc1cc(F)ccc1Br. The van der Waals surface area contributed by atoms with Crippen LogP contribution in [-0.4, -0.2) is 18.6 Å². The molecule has 1 saturated heterocycles. The molecule has 3 nitrogen and oxygen atoms in total. The number of hydrogen-bond donors (Lipinski definition) is 1. The highest BCUT2D eigenvalue weighted by Crippen LogP contribution is 2.24. The van der Waals surface area contributed by atoms with E-state index in [1.807, 2.05) is 0 Å². The minimum absolute atomic E-state index is 0.00825. The highest BCUT2D eigenvalue weighted by atomic mass is 79.9. The van der Waals surface area contributed by atoms with Gasteiger partial charge in [0, 0.05) is 11.1 Å². The molecule has 1 aromatic carbocycles. The van der Waals surface area contributed by atoms with Gasteiger partial charge < -0.3 is 10.1 Å². The first kappa shape index (κ1) is 13.5. The molecule has 0 spiro atoms. The summed E-state index contributed by atoms with van der Waals surface area (Å²) in [5.41, 5.74) is 0.454. The summed E-state index contributed by atoms with van der Waals surface area (Å²) in [5.74, 6) is -0.518. The van der Waals surface area contributed by atoms with E-state index in [9.17, 15) is 9.18 Å². The van der Waals surface area contributed by atoms with Gasteiger partial charge in [0.15, 0.2) is 0 Å². The van der Waals surface area contributed by atoms with Crippen molar-refractivity contribution in [2.24, 2.45) is 0 Å². The predicted molar refractivity (Wildman–Crippen MR) is 70.9 cm³/mol. The summed E-state index contributed by atoms with van der Waals surface area (Å²) in [5, 5.41) is 2.69. The predicted octanol–water partition coefficient (Wildman–Crippen LogP) is 3.49. The smallest absolute Gasteiger partial charge is 0.227 e. The quantitative estimate of drug-likeness (QED) is 0.927. The second kappa shape index (κ2) is 6.29. The number of carbonyl (C=O) groups excluding carboxylic acids is 1. The van der Waals surface area contributed by atoms with Gasteiger partial charge >= 0.3 is 0 Å². The molecule has 1 amide bonds. The van der Waals surface area contributed by atoms with Gasteiger partial charge in [-0.2, -0.15) is 0 Å². The fourth-order valence-corrected chi connectivity index (χ4v) is 2.32. The number of amides is 1. The number of carbonyl (C=O) groups is 1. The first-order chi connectivity index (χ1) is 8.65. The fraction of sp³-hybridized carbons (Fsp3) is 0.462. The van der Waals surface area contributed by atoms with Crippen LogP contribution < -0.4 is 5.32 Å². The molecule has 1 unspecified atom stereocenters. The van der Waals surface area contributed by atoms with Gasteiger partial charge in [0.25, 0.3) is 0 Å². The number of benzene rings is 1. The Labute approximate surface area is 114 Å². The lowest BCUT2D eigenvalue weighted by Gasteiger charge is -2.22. The summed E-state index contributed by atoms with van der Waals surface area (Å²) >= 11 is 3.27. The number of hydrogen-bond acceptors (Lipinski definition) is 2. The lowest BCUT2D eigenvalue weighted by Crippen LogP contribution is -2.25. The molecule has 1 heterocycles. The summed E-state index contributed by atoms with van der Waals surface area (Å²) in [4.78, 5) is 11.8. The highest BCUT2D eigenvalue weighted by Gasteiger charge is 2.18. The van der Waals surface area contributed by atoms with Crippen molar-refractivity contribution >= 4 is 27.5 Å². The van der Waals surface area contributed by atoms with Gasteiger partial charge in [0.2, 0.25) is 5.91 Å². The summed E-state index contributed by atoms with van der Waals surface area (Å²) in [7, 11) is 0. The maximum absolute atomic E-state index is 13.1. The van der Waals surface area contributed by atoms with Crippen molar-refractivity contribution in [1.29, 1.82) is 0 Å². The third kappa shape index (κ3) is 3.78. The van der Waals surface area contributed by atoms with Gasteiger partial charge in [-0.05, 0) is 53.4 Å². The van der Waals surface area contributed by atoms with E-state index in [1.54, 1.807) is 6.07 Å². The van der Waals surface area contributed by atoms with Crippen molar-refractivity contribution in [3.05, 3.63) is 28.5 Å². The van der Waals surface area contributed by atoms with E-state index < -0.39 is 0 Å². The van der Waals surface area contributed by atoms with Crippen molar-refractivity contribution in [1.82, 2.24) is 0 Å². The standard InChI is InChI=1S/C13H15BrFNO2/c14-11-5-4-9(15)7-12(11)16-13(17)8-10-3-1-2-6-18-10/h4-5,7,10H,1-3,6,8H2,(H,16,17). The molecular weight excluding hydrogens is 301 g/mol. The molecule has 0 saturated carbocycles. The third-order valence-corrected chi connectivity index (χ3v) is 3.58. The minimum atomic E-state index is -0.373. The maximum atomic E-state index is 13.1. The van der Waals surface area contributed by atoms with Crippen LogP contribution in [0.1, 0.15) is 25.7 Å². The largest absolute Gasteiger partial charge is 0.378 e. The number of rotatable bonds is 3. The number of ether oxygens (including phenoxy) is 1. The van der Waals surface area contributed by atoms with E-state index in [4.69, 9.17) is 4.74 Å². The van der Waals surface area contributed by atoms with Crippen molar-refractivity contribution in [2.45, 2.75) is 31.8 Å². The fourth-order valence-electron chi connectivity index (χ4n) is 1.97. The number of halogens is 2. The highest BCUT2D eigenvalue weighted by molar-refractivity contribution is 9.10. The molecule has 1 fully saturated rings. The van der Waals surface area contributed by atoms with Gasteiger partial charge in [-0.1, -0.05) is 0 Å². The van der Waals surface area contributed by atoms with Crippen LogP contribution >= 0.6 is 15.9 Å². The lowest BCUT2D eigenvalue weighted by molar-refractivity contribution is -0.119. The van der Waals surface area contributed by atoms with Gasteiger partial charge in [-0.25, -0.2) is 4.39 Å². The van der Waals surface area contributed by atoms with Crippen LogP contribution in [0.15, 0.2) is 22.7 Å². The zero-order valence-electron chi connectivity index (χ0n) is 9.92. The Balaban J connectivity index is 1.92. The van der Waals surface area contributed by atoms with Crippen molar-refractivity contribution in [3.63, 3.8) is 0 Å². The Kier molecular flexibility index (Phi) is 4.72. The van der Waals surface area contributed by atoms with E-state index in [-0.39, 0.29) is 17.8 Å². The molecule has 0 bridgehead atoms. The lowest BCUT2D eigenvalue weighted by atomic mass is 10.1. The van der Waals surface area contributed by atoms with E-state index in [2.05, 4.69) is 21.2 Å². The molecule has 18 heavy (non-hydrogen) atoms. The van der Waals surface area contributed by atoms with Crippen LogP contribution in [0.25, 0.3) is 0 Å². The Bertz CT molecular complexity index is 433. The average Bonchev–Trinajstić information content (AvgIpc) is 2.35. The monoisotopic (exact) mass is 315 g/mol. The number of nitrogens with one attached hydrogen (secondary N) is 1. The molecule has 0 aliphatic carbocycles. The summed E-state index contributed by atoms with van der Waals surface area (Å²) in [6.45, 7) is 0.724. The second-order valence-corrected chi connectivity index (χ2v) is 5.22. The summed E-state index contributed by atoms with van der Waals surface area (Å²) < 4.78 is 19.2. The topological polar surface area (TPSA) is 38.3 Å². The Morgan fingerprint density at radius 3 is 3.06 bits per heavy atom. The second-order valence-electron chi connectivity index (χ2n) is 4.37. The van der Waals surface area contributed by atoms with E-state index >= 15 is 0 Å². The van der Waals surface area contributed by atoms with E-state index in [1.165, 1.54) is 12.1 Å². The van der Waals surface area contributed by atoms with Crippen LogP contribution in [0.5, 0.6) is 0 Å². The zero-order valence-corrected chi connectivity index (χ0v) is 11.5. The van der Waals surface area contributed by atoms with Gasteiger partial charge in [0.05, 0.1) is 18.2 Å². The van der Waals surface area contributed by atoms with Gasteiger partial charge in [-0.15, -0.1) is 0 Å². The van der Waals surface area contributed by atoms with Crippen LogP contribution in [0.3, 0.4) is 0 Å². The molecule has 2 rings (SSSR count). The molecule has 1 aromatic rings. The normalized spacial score (nSPS) is 19.6. The van der Waals surface area contributed by atoms with Crippen molar-refractivity contribution in [3.8, 4) is 0 Å². The molecule has 1 aliphatic heterocycles. The maximum Gasteiger partial charge on any atom is 0.227 e. The van der Waals surface area contributed by atoms with Gasteiger partial charge in [-0.3, -0.25) is 4.79 Å². The summed E-state index contributed by atoms with van der Waals surface area (Å²) in [6, 6.07) is 4.20. The first-order valence-electron chi connectivity index (χ1n) is 6.01. The first-order valence-corrected chi connectivity index (χ1v) is 6.81. The minimum Gasteiger partial charge on any atom is -0.378 e. The molecule has 1 N–H and O–H groups in total. The van der Waals surface area contributed by atoms with Gasteiger partial charge in [0.1, 0.15) is 5.82 Å². The van der Waals surface area contributed by atoms with Crippen LogP contribution in [0.2, 0.25) is 0 Å². The van der Waals surface area contributed by atoms with Crippen LogP contribution in [-0.2, 0) is 9.53 Å². The van der Waals surface area contributed by atoms with Crippen molar-refractivity contribution < 1.29 is 13.9 Å². The molecule has 0 radical (unpaired) electrons. The zero-order chi connectivity index (χ0) is 13.0. The molecule has 98 valence electrons. The van der Waals surface area contributed by atoms with Crippen molar-refractivity contribution in [2.75, 3.05) is 11.9 Å². The van der Waals surface area contributed by atoms with Crippen LogP contribution in [0.4, 0.5) is 10.1 Å². The molecular formula is C13H15BrFNO2. The average molecular weight is 316 g/mol. The van der Waals surface area contributed by atoms with E-state index in [0.717, 1.165) is 25.9 Å². The molecule has 1 aliphatic rings. The number of anilines is 1.